The molecule has 1 fully saturated rings. The Morgan fingerprint density at radius 3 is 2.89 bits per heavy atom. The molecule has 1 saturated heterocycles. The Hall–Kier alpha value is 0.250. The van der Waals surface area contributed by atoms with Crippen LogP contribution < -0.4 is 0 Å². The quantitative estimate of drug-likeness (QED) is 0.536. The van der Waals surface area contributed by atoms with Gasteiger partial charge in [-0.15, -0.1) is 11.6 Å². The Morgan fingerprint density at radius 1 is 1.67 bits per heavy atom. The first-order chi connectivity index (χ1) is 4.33. The highest BCUT2D eigenvalue weighted by molar-refractivity contribution is 6.17. The van der Waals surface area contributed by atoms with E-state index in [1.807, 2.05) is 0 Å². The van der Waals surface area contributed by atoms with E-state index in [-0.39, 0.29) is 0 Å². The summed E-state index contributed by atoms with van der Waals surface area (Å²) in [5.74, 6) is 1.71. The molecule has 0 amide bonds. The molecule has 1 aliphatic heterocycles. The summed E-state index contributed by atoms with van der Waals surface area (Å²) in [6, 6.07) is 0. The van der Waals surface area contributed by atoms with E-state index >= 15 is 0 Å². The molecule has 0 saturated carbocycles. The second-order valence-electron chi connectivity index (χ2n) is 2.89. The first kappa shape index (κ1) is 7.36. The summed E-state index contributed by atoms with van der Waals surface area (Å²) in [6.45, 7) is 2.52. The van der Waals surface area contributed by atoms with Gasteiger partial charge in [0.25, 0.3) is 0 Å². The van der Waals surface area contributed by atoms with Crippen molar-refractivity contribution in [3.05, 3.63) is 0 Å². The van der Waals surface area contributed by atoms with Crippen LogP contribution in [-0.4, -0.2) is 30.9 Å². The van der Waals surface area contributed by atoms with Gasteiger partial charge in [0.2, 0.25) is 0 Å². The van der Waals surface area contributed by atoms with Crippen molar-refractivity contribution in [2.24, 2.45) is 5.92 Å². The summed E-state index contributed by atoms with van der Waals surface area (Å²) >= 11 is 5.61. The first-order valence-electron chi connectivity index (χ1n) is 3.57. The molecule has 1 heterocycles. The molecule has 0 aromatic heterocycles. The summed E-state index contributed by atoms with van der Waals surface area (Å²) in [6.07, 6.45) is 2.55. The minimum Gasteiger partial charge on any atom is -0.306 e. The topological polar surface area (TPSA) is 3.24 Å². The predicted molar refractivity (Wildman–Crippen MR) is 40.9 cm³/mol. The fourth-order valence-corrected chi connectivity index (χ4v) is 1.72. The van der Waals surface area contributed by atoms with Crippen LogP contribution in [0.1, 0.15) is 12.8 Å². The average molecular weight is 148 g/mol. The lowest BCUT2D eigenvalue weighted by atomic mass is 10.1. The maximum absolute atomic E-state index is 5.61. The van der Waals surface area contributed by atoms with Crippen molar-refractivity contribution in [2.45, 2.75) is 12.8 Å². The van der Waals surface area contributed by atoms with E-state index in [0.29, 0.717) is 0 Å². The minimum atomic E-state index is 0.832. The molecule has 1 rings (SSSR count). The van der Waals surface area contributed by atoms with Crippen LogP contribution in [0.15, 0.2) is 0 Å². The van der Waals surface area contributed by atoms with Crippen LogP contribution >= 0.6 is 11.6 Å². The van der Waals surface area contributed by atoms with E-state index in [0.717, 1.165) is 11.8 Å². The van der Waals surface area contributed by atoms with Gasteiger partial charge in [-0.1, -0.05) is 0 Å². The number of nitrogens with zero attached hydrogens (tertiary/aromatic N) is 1. The predicted octanol–water partition coefficient (Wildman–Crippen LogP) is 1.57. The molecule has 0 aromatic carbocycles. The van der Waals surface area contributed by atoms with Gasteiger partial charge in [-0.05, 0) is 32.4 Å². The molecule has 1 aliphatic rings. The molecule has 0 radical (unpaired) electrons. The van der Waals surface area contributed by atoms with E-state index in [2.05, 4.69) is 11.9 Å². The SMILES string of the molecule is CN1CCC(CCCl)C1. The van der Waals surface area contributed by atoms with Crippen molar-refractivity contribution in [3.8, 4) is 0 Å². The molecule has 0 N–H and O–H groups in total. The smallest absolute Gasteiger partial charge is 0.0226 e. The summed E-state index contributed by atoms with van der Waals surface area (Å²) in [4.78, 5) is 2.37. The summed E-state index contributed by atoms with van der Waals surface area (Å²) in [5, 5.41) is 0. The normalized spacial score (nSPS) is 29.3. The molecule has 1 unspecified atom stereocenters. The molecule has 54 valence electrons. The second-order valence-corrected chi connectivity index (χ2v) is 3.27. The third-order valence-electron chi connectivity index (χ3n) is 2.01. The van der Waals surface area contributed by atoms with Gasteiger partial charge >= 0.3 is 0 Å². The zero-order chi connectivity index (χ0) is 6.69. The third kappa shape index (κ3) is 2.15. The lowest BCUT2D eigenvalue weighted by molar-refractivity contribution is 0.392. The molecular formula is C7H14ClN. The number of rotatable bonds is 2. The van der Waals surface area contributed by atoms with Crippen molar-refractivity contribution >= 4 is 11.6 Å². The van der Waals surface area contributed by atoms with Crippen LogP contribution in [0.5, 0.6) is 0 Å². The Kier molecular flexibility index (Phi) is 2.80. The van der Waals surface area contributed by atoms with Crippen LogP contribution in [0.2, 0.25) is 0 Å². The molecule has 1 nitrogen and oxygen atoms in total. The standard InChI is InChI=1S/C7H14ClN/c1-9-5-3-7(6-9)2-4-8/h7H,2-6H2,1H3. The molecule has 0 bridgehead atoms. The molecule has 0 spiro atoms. The van der Waals surface area contributed by atoms with Crippen molar-refractivity contribution in [3.63, 3.8) is 0 Å². The Bertz CT molecular complexity index is 83.0. The van der Waals surface area contributed by atoms with E-state index in [4.69, 9.17) is 11.6 Å². The van der Waals surface area contributed by atoms with Gasteiger partial charge in [-0.25, -0.2) is 0 Å². The van der Waals surface area contributed by atoms with Crippen LogP contribution in [0.25, 0.3) is 0 Å². The second kappa shape index (κ2) is 3.43. The zero-order valence-electron chi connectivity index (χ0n) is 5.94. The highest BCUT2D eigenvalue weighted by atomic mass is 35.5. The van der Waals surface area contributed by atoms with Gasteiger partial charge in [-0.3, -0.25) is 0 Å². The molecule has 2 heteroatoms. The van der Waals surface area contributed by atoms with Gasteiger partial charge in [0.15, 0.2) is 0 Å². The van der Waals surface area contributed by atoms with Crippen molar-refractivity contribution in [2.75, 3.05) is 26.0 Å². The van der Waals surface area contributed by atoms with Gasteiger partial charge in [0, 0.05) is 12.4 Å². The van der Waals surface area contributed by atoms with E-state index in [1.54, 1.807) is 0 Å². The lowest BCUT2D eigenvalue weighted by Gasteiger charge is -2.06. The van der Waals surface area contributed by atoms with Crippen LogP contribution in [0, 0.1) is 5.92 Å². The number of hydrogen-bond donors (Lipinski definition) is 0. The maximum atomic E-state index is 5.61. The molecule has 9 heavy (non-hydrogen) atoms. The summed E-state index contributed by atoms with van der Waals surface area (Å²) < 4.78 is 0. The number of likely N-dealkylation sites (tertiary alicyclic amines) is 1. The van der Waals surface area contributed by atoms with Gasteiger partial charge in [0.05, 0.1) is 0 Å². The molecular weight excluding hydrogens is 134 g/mol. The molecule has 0 aromatic rings. The third-order valence-corrected chi connectivity index (χ3v) is 2.22. The highest BCUT2D eigenvalue weighted by Gasteiger charge is 2.17. The average Bonchev–Trinajstić information content (AvgIpc) is 2.17. The Balaban J connectivity index is 2.14. The number of alkyl halides is 1. The molecule has 0 aliphatic carbocycles. The fourth-order valence-electron chi connectivity index (χ4n) is 1.42. The van der Waals surface area contributed by atoms with Gasteiger partial charge in [0.1, 0.15) is 0 Å². The Morgan fingerprint density at radius 2 is 2.44 bits per heavy atom. The minimum absolute atomic E-state index is 0.832. The van der Waals surface area contributed by atoms with Crippen LogP contribution in [0.4, 0.5) is 0 Å². The summed E-state index contributed by atoms with van der Waals surface area (Å²) in [5.41, 5.74) is 0. The monoisotopic (exact) mass is 147 g/mol. The largest absolute Gasteiger partial charge is 0.306 e. The summed E-state index contributed by atoms with van der Waals surface area (Å²) in [7, 11) is 2.17. The highest BCUT2D eigenvalue weighted by Crippen LogP contribution is 2.17. The van der Waals surface area contributed by atoms with Crippen molar-refractivity contribution < 1.29 is 0 Å². The Labute approximate surface area is 62.0 Å². The first-order valence-corrected chi connectivity index (χ1v) is 4.11. The van der Waals surface area contributed by atoms with Crippen LogP contribution in [-0.2, 0) is 0 Å². The fraction of sp³-hybridized carbons (Fsp3) is 1.00. The number of halogens is 1. The van der Waals surface area contributed by atoms with Crippen molar-refractivity contribution in [1.29, 1.82) is 0 Å². The van der Waals surface area contributed by atoms with E-state index in [9.17, 15) is 0 Å². The van der Waals surface area contributed by atoms with Gasteiger partial charge in [-0.2, -0.15) is 0 Å². The number of hydrogen-bond acceptors (Lipinski definition) is 1. The van der Waals surface area contributed by atoms with E-state index in [1.165, 1.54) is 25.9 Å². The van der Waals surface area contributed by atoms with E-state index < -0.39 is 0 Å². The van der Waals surface area contributed by atoms with Gasteiger partial charge < -0.3 is 4.90 Å². The van der Waals surface area contributed by atoms with Crippen LogP contribution in [0.3, 0.4) is 0 Å². The lowest BCUT2D eigenvalue weighted by Crippen LogP contribution is -2.13. The zero-order valence-corrected chi connectivity index (χ0v) is 6.69. The van der Waals surface area contributed by atoms with Crippen molar-refractivity contribution in [1.82, 2.24) is 4.90 Å². The maximum Gasteiger partial charge on any atom is 0.0226 e. The molecule has 1 atom stereocenters.